The third-order valence-corrected chi connectivity index (χ3v) is 6.92. The van der Waals surface area contributed by atoms with Crippen molar-refractivity contribution < 1.29 is 16.8 Å². The fraction of sp³-hybridized carbons (Fsp3) is 0.571. The minimum absolute atomic E-state index is 0. The molecule has 0 bridgehead atoms. The second-order valence-electron chi connectivity index (χ2n) is 5.76. The van der Waals surface area contributed by atoms with Crippen LogP contribution in [-0.4, -0.2) is 42.7 Å². The highest BCUT2D eigenvalue weighted by molar-refractivity contribution is 7.91. The minimum atomic E-state index is -3.84. The Bertz CT molecular complexity index is 761. The van der Waals surface area contributed by atoms with E-state index in [2.05, 4.69) is 10.0 Å². The third kappa shape index (κ3) is 5.86. The van der Waals surface area contributed by atoms with E-state index in [1.807, 2.05) is 0 Å². The summed E-state index contributed by atoms with van der Waals surface area (Å²) in [4.78, 5) is -0.275. The van der Waals surface area contributed by atoms with E-state index in [4.69, 9.17) is 11.6 Å². The molecule has 0 spiro atoms. The van der Waals surface area contributed by atoms with E-state index in [9.17, 15) is 16.8 Å². The van der Waals surface area contributed by atoms with Crippen molar-refractivity contribution in [2.45, 2.75) is 29.1 Å². The molecule has 1 heterocycles. The minimum Gasteiger partial charge on any atom is -0.316 e. The van der Waals surface area contributed by atoms with Gasteiger partial charge in [0.1, 0.15) is 4.90 Å². The van der Waals surface area contributed by atoms with E-state index in [0.29, 0.717) is 12.5 Å². The number of hydrogen-bond acceptors (Lipinski definition) is 5. The Morgan fingerprint density at radius 3 is 2.58 bits per heavy atom. The molecule has 1 atom stereocenters. The van der Waals surface area contributed by atoms with Crippen molar-refractivity contribution in [1.82, 2.24) is 10.0 Å². The first-order valence-electron chi connectivity index (χ1n) is 7.40. The molecule has 2 rings (SSSR count). The summed E-state index contributed by atoms with van der Waals surface area (Å²) < 4.78 is 50.4. The summed E-state index contributed by atoms with van der Waals surface area (Å²) >= 11 is 5.93. The largest absolute Gasteiger partial charge is 0.316 e. The quantitative estimate of drug-likeness (QED) is 0.737. The zero-order chi connectivity index (χ0) is 17.1. The van der Waals surface area contributed by atoms with Crippen molar-refractivity contribution in [2.24, 2.45) is 5.92 Å². The van der Waals surface area contributed by atoms with Crippen molar-refractivity contribution in [1.29, 1.82) is 0 Å². The highest BCUT2D eigenvalue weighted by Gasteiger charge is 2.21. The lowest BCUT2D eigenvalue weighted by atomic mass is 9.96. The van der Waals surface area contributed by atoms with Gasteiger partial charge in [-0.3, -0.25) is 0 Å². The molecule has 0 amide bonds. The summed E-state index contributed by atoms with van der Waals surface area (Å²) in [5, 5.41) is 3.29. The maximum Gasteiger partial charge on any atom is 0.242 e. The second kappa shape index (κ2) is 8.82. The molecule has 138 valence electrons. The van der Waals surface area contributed by atoms with E-state index in [1.54, 1.807) is 0 Å². The number of sulfone groups is 1. The summed E-state index contributed by atoms with van der Waals surface area (Å²) in [7, 11) is -7.34. The van der Waals surface area contributed by atoms with Gasteiger partial charge in [0, 0.05) is 12.8 Å². The van der Waals surface area contributed by atoms with Crippen LogP contribution in [0.5, 0.6) is 0 Å². The number of rotatable bonds is 6. The maximum atomic E-state index is 12.4. The summed E-state index contributed by atoms with van der Waals surface area (Å²) in [6.07, 6.45) is 3.93. The smallest absolute Gasteiger partial charge is 0.242 e. The summed E-state index contributed by atoms with van der Waals surface area (Å²) in [6, 6.07) is 3.68. The molecular weight excluding hydrogens is 395 g/mol. The third-order valence-electron chi connectivity index (χ3n) is 3.86. The van der Waals surface area contributed by atoms with Crippen LogP contribution in [0.25, 0.3) is 0 Å². The molecular formula is C14H22Cl2N2O4S2. The number of sulfonamides is 1. The van der Waals surface area contributed by atoms with Gasteiger partial charge in [-0.2, -0.15) is 0 Å². The van der Waals surface area contributed by atoms with Gasteiger partial charge in [0.25, 0.3) is 0 Å². The molecule has 6 nitrogen and oxygen atoms in total. The lowest BCUT2D eigenvalue weighted by Crippen LogP contribution is -2.33. The van der Waals surface area contributed by atoms with Crippen molar-refractivity contribution in [3.05, 3.63) is 23.2 Å². The zero-order valence-electron chi connectivity index (χ0n) is 13.3. The highest BCUT2D eigenvalue weighted by atomic mass is 35.5. The number of hydrogen-bond donors (Lipinski definition) is 2. The van der Waals surface area contributed by atoms with E-state index >= 15 is 0 Å². The van der Waals surface area contributed by atoms with E-state index in [1.165, 1.54) is 12.1 Å². The van der Waals surface area contributed by atoms with Gasteiger partial charge in [-0.15, -0.1) is 12.4 Å². The zero-order valence-corrected chi connectivity index (χ0v) is 16.5. The molecule has 0 aromatic heterocycles. The van der Waals surface area contributed by atoms with Gasteiger partial charge < -0.3 is 5.32 Å². The Morgan fingerprint density at radius 1 is 1.29 bits per heavy atom. The van der Waals surface area contributed by atoms with Gasteiger partial charge in [-0.1, -0.05) is 11.6 Å². The standard InChI is InChI=1S/C14H21ClN2O4S2.ClH/c1-22(18,19)12-4-5-13(15)14(9-12)23(20,21)17-8-6-11-3-2-7-16-10-11;/h4-5,9,11,16-17H,2-3,6-8,10H2,1H3;1H. The predicted molar refractivity (Wildman–Crippen MR) is 97.2 cm³/mol. The van der Waals surface area contributed by atoms with Crippen LogP contribution < -0.4 is 10.0 Å². The normalized spacial score (nSPS) is 18.8. The highest BCUT2D eigenvalue weighted by Crippen LogP contribution is 2.25. The second-order valence-corrected chi connectivity index (χ2v) is 9.92. The SMILES string of the molecule is CS(=O)(=O)c1ccc(Cl)c(S(=O)(=O)NCCC2CCCNC2)c1.Cl. The number of benzene rings is 1. The number of halogens is 2. The molecule has 1 aromatic carbocycles. The molecule has 1 saturated heterocycles. The van der Waals surface area contributed by atoms with Crippen molar-refractivity contribution in [3.63, 3.8) is 0 Å². The summed E-state index contributed by atoms with van der Waals surface area (Å²) in [5.41, 5.74) is 0. The molecule has 1 aliphatic rings. The van der Waals surface area contributed by atoms with Crippen LogP contribution >= 0.6 is 24.0 Å². The lowest BCUT2D eigenvalue weighted by molar-refractivity contribution is 0.358. The van der Waals surface area contributed by atoms with E-state index in [0.717, 1.165) is 44.7 Å². The van der Waals surface area contributed by atoms with Crippen molar-refractivity contribution in [3.8, 4) is 0 Å². The van der Waals surface area contributed by atoms with Crippen LogP contribution in [0, 0.1) is 5.92 Å². The van der Waals surface area contributed by atoms with Crippen molar-refractivity contribution >= 4 is 43.9 Å². The summed E-state index contributed by atoms with van der Waals surface area (Å²) in [5.74, 6) is 0.448. The van der Waals surface area contributed by atoms with Gasteiger partial charge in [-0.05, 0) is 56.5 Å². The Kier molecular flexibility index (Phi) is 7.96. The van der Waals surface area contributed by atoms with Gasteiger partial charge in [0.05, 0.1) is 9.92 Å². The van der Waals surface area contributed by atoms with Crippen LogP contribution in [0.4, 0.5) is 0 Å². The molecule has 2 N–H and O–H groups in total. The van der Waals surface area contributed by atoms with Crippen LogP contribution in [0.1, 0.15) is 19.3 Å². The molecule has 1 unspecified atom stereocenters. The lowest BCUT2D eigenvalue weighted by Gasteiger charge is -2.22. The first-order valence-corrected chi connectivity index (χ1v) is 11.2. The molecule has 1 aromatic rings. The number of nitrogens with one attached hydrogen (secondary N) is 2. The topological polar surface area (TPSA) is 92.3 Å². The number of piperidine rings is 1. The first-order chi connectivity index (χ1) is 10.7. The summed E-state index contributed by atoms with van der Waals surface area (Å²) in [6.45, 7) is 2.20. The van der Waals surface area contributed by atoms with Crippen LogP contribution in [0.2, 0.25) is 5.02 Å². The molecule has 1 fully saturated rings. The van der Waals surface area contributed by atoms with Gasteiger partial charge >= 0.3 is 0 Å². The molecule has 24 heavy (non-hydrogen) atoms. The molecule has 10 heteroatoms. The fourth-order valence-corrected chi connectivity index (χ4v) is 4.86. The van der Waals surface area contributed by atoms with Crippen molar-refractivity contribution in [2.75, 3.05) is 25.9 Å². The van der Waals surface area contributed by atoms with E-state index in [-0.39, 0.29) is 27.2 Å². The maximum absolute atomic E-state index is 12.4. The molecule has 0 aliphatic carbocycles. The van der Waals surface area contributed by atoms with Gasteiger partial charge in [0.2, 0.25) is 10.0 Å². The predicted octanol–water partition coefficient (Wildman–Crippen LogP) is 1.83. The van der Waals surface area contributed by atoms with Crippen LogP contribution in [-0.2, 0) is 19.9 Å². The Balaban J connectivity index is 0.00000288. The monoisotopic (exact) mass is 416 g/mol. The van der Waals surface area contributed by atoms with Gasteiger partial charge in [-0.25, -0.2) is 21.6 Å². The Hall–Kier alpha value is -0.380. The Labute approximate surface area is 154 Å². The van der Waals surface area contributed by atoms with Gasteiger partial charge in [0.15, 0.2) is 9.84 Å². The van der Waals surface area contributed by atoms with Crippen LogP contribution in [0.15, 0.2) is 28.0 Å². The average Bonchev–Trinajstić information content (AvgIpc) is 2.47. The average molecular weight is 417 g/mol. The Morgan fingerprint density at radius 2 is 2.00 bits per heavy atom. The molecule has 0 radical (unpaired) electrons. The molecule has 1 aliphatic heterocycles. The first kappa shape index (κ1) is 21.7. The van der Waals surface area contributed by atoms with Crippen LogP contribution in [0.3, 0.4) is 0 Å². The fourth-order valence-electron chi connectivity index (χ4n) is 2.57. The van der Waals surface area contributed by atoms with E-state index < -0.39 is 19.9 Å². The molecule has 0 saturated carbocycles.